The molecule has 33 heavy (non-hydrogen) atoms. The van der Waals surface area contributed by atoms with Crippen LogP contribution in [0, 0.1) is 5.92 Å². The van der Waals surface area contributed by atoms with E-state index >= 15 is 0 Å². The van der Waals surface area contributed by atoms with Crippen LogP contribution in [0.25, 0.3) is 22.2 Å². The van der Waals surface area contributed by atoms with Gasteiger partial charge in [-0.15, -0.1) is 0 Å². The van der Waals surface area contributed by atoms with E-state index in [1.807, 2.05) is 41.3 Å². The van der Waals surface area contributed by atoms with Gasteiger partial charge >= 0.3 is 0 Å². The quantitative estimate of drug-likeness (QED) is 0.310. The summed E-state index contributed by atoms with van der Waals surface area (Å²) in [6.07, 6.45) is 3.10. The molecule has 1 saturated heterocycles. The first kappa shape index (κ1) is 21.9. The van der Waals surface area contributed by atoms with Crippen LogP contribution in [0.15, 0.2) is 78.9 Å². The third-order valence-corrected chi connectivity index (χ3v) is 6.97. The number of carbonyl (C=O) groups is 1. The molecule has 0 N–H and O–H groups in total. The van der Waals surface area contributed by atoms with Gasteiger partial charge in [0.25, 0.3) is 5.91 Å². The Morgan fingerprint density at radius 2 is 1.64 bits per heavy atom. The van der Waals surface area contributed by atoms with E-state index in [9.17, 15) is 4.79 Å². The lowest BCUT2D eigenvalue weighted by atomic mass is 9.90. The molecular weight excluding hydrogens is 451 g/mol. The fraction of sp³-hybridized carbons (Fsp3) is 0.214. The number of nitrogens with zero attached hydrogens (tertiary/aromatic N) is 2. The molecule has 5 heteroatoms. The molecule has 0 unspecified atom stereocenters. The highest BCUT2D eigenvalue weighted by Gasteiger charge is 2.25. The summed E-state index contributed by atoms with van der Waals surface area (Å²) < 4.78 is 0. The predicted octanol–water partition coefficient (Wildman–Crippen LogP) is 7.30. The van der Waals surface area contributed by atoms with Crippen LogP contribution in [-0.4, -0.2) is 28.9 Å². The van der Waals surface area contributed by atoms with Gasteiger partial charge in [0, 0.05) is 29.1 Å². The Balaban J connectivity index is 1.41. The maximum absolute atomic E-state index is 13.6. The highest BCUT2D eigenvalue weighted by molar-refractivity contribution is 6.36. The molecule has 1 fully saturated rings. The van der Waals surface area contributed by atoms with Crippen molar-refractivity contribution in [1.82, 2.24) is 9.88 Å². The highest BCUT2D eigenvalue weighted by atomic mass is 35.5. The number of hydrogen-bond acceptors (Lipinski definition) is 2. The maximum atomic E-state index is 13.6. The van der Waals surface area contributed by atoms with Crippen LogP contribution in [0.5, 0.6) is 0 Å². The first-order valence-corrected chi connectivity index (χ1v) is 12.0. The summed E-state index contributed by atoms with van der Waals surface area (Å²) in [5.41, 5.74) is 4.26. The zero-order valence-corrected chi connectivity index (χ0v) is 19.7. The van der Waals surface area contributed by atoms with Crippen molar-refractivity contribution in [2.45, 2.75) is 19.3 Å². The Bertz CT molecular complexity index is 1300. The topological polar surface area (TPSA) is 33.2 Å². The van der Waals surface area contributed by atoms with Crippen molar-refractivity contribution < 1.29 is 4.79 Å². The van der Waals surface area contributed by atoms with Gasteiger partial charge < -0.3 is 4.90 Å². The van der Waals surface area contributed by atoms with E-state index < -0.39 is 0 Å². The summed E-state index contributed by atoms with van der Waals surface area (Å²) in [7, 11) is 0. The number of piperidine rings is 1. The van der Waals surface area contributed by atoms with Gasteiger partial charge in [0.2, 0.25) is 0 Å². The van der Waals surface area contributed by atoms with Gasteiger partial charge in [-0.05, 0) is 61.1 Å². The van der Waals surface area contributed by atoms with E-state index in [2.05, 4.69) is 30.3 Å². The molecule has 1 aliphatic rings. The summed E-state index contributed by atoms with van der Waals surface area (Å²) in [4.78, 5) is 20.4. The molecule has 0 atom stereocenters. The minimum Gasteiger partial charge on any atom is -0.339 e. The lowest BCUT2D eigenvalue weighted by Crippen LogP contribution is -2.39. The fourth-order valence-electron chi connectivity index (χ4n) is 4.65. The molecule has 1 amide bonds. The number of likely N-dealkylation sites (tertiary alicyclic amines) is 1. The smallest absolute Gasteiger partial charge is 0.254 e. The van der Waals surface area contributed by atoms with Gasteiger partial charge in [-0.3, -0.25) is 4.79 Å². The van der Waals surface area contributed by atoms with Crippen LogP contribution in [-0.2, 0) is 6.42 Å². The van der Waals surface area contributed by atoms with Crippen molar-refractivity contribution in [3.63, 3.8) is 0 Å². The van der Waals surface area contributed by atoms with Gasteiger partial charge in [-0.1, -0.05) is 71.7 Å². The molecule has 0 radical (unpaired) electrons. The van der Waals surface area contributed by atoms with Crippen molar-refractivity contribution >= 4 is 40.0 Å². The van der Waals surface area contributed by atoms with Crippen molar-refractivity contribution in [3.8, 4) is 11.3 Å². The number of halogens is 2. The largest absolute Gasteiger partial charge is 0.339 e. The van der Waals surface area contributed by atoms with Crippen LogP contribution in [0.3, 0.4) is 0 Å². The van der Waals surface area contributed by atoms with Gasteiger partial charge in [0.15, 0.2) is 0 Å². The number of pyridine rings is 1. The Morgan fingerprint density at radius 1 is 0.909 bits per heavy atom. The van der Waals surface area contributed by atoms with Crippen LogP contribution < -0.4 is 0 Å². The van der Waals surface area contributed by atoms with E-state index in [-0.39, 0.29) is 5.91 Å². The molecule has 0 bridgehead atoms. The zero-order chi connectivity index (χ0) is 22.8. The van der Waals surface area contributed by atoms with Crippen molar-refractivity contribution in [2.24, 2.45) is 5.92 Å². The summed E-state index contributed by atoms with van der Waals surface area (Å²) in [5.74, 6) is 0.659. The minimum absolute atomic E-state index is 0.0538. The second-order valence-corrected chi connectivity index (χ2v) is 9.47. The summed E-state index contributed by atoms with van der Waals surface area (Å²) in [5, 5.41) is 1.95. The number of carbonyl (C=O) groups excluding carboxylic acids is 1. The predicted molar refractivity (Wildman–Crippen MR) is 136 cm³/mol. The molecule has 0 aliphatic carbocycles. The molecular formula is C28H24Cl2N2O. The number of benzene rings is 3. The SMILES string of the molecule is O=C(c1cc(-c2ccc(Cl)cc2Cl)nc2ccccc12)N1CCC(Cc2ccccc2)CC1. The van der Waals surface area contributed by atoms with Gasteiger partial charge in [-0.2, -0.15) is 0 Å². The number of rotatable bonds is 4. The average Bonchev–Trinajstić information content (AvgIpc) is 2.84. The molecule has 1 aromatic heterocycles. The zero-order valence-electron chi connectivity index (χ0n) is 18.2. The van der Waals surface area contributed by atoms with E-state index in [0.717, 1.165) is 48.8 Å². The van der Waals surface area contributed by atoms with Crippen molar-refractivity contribution in [1.29, 1.82) is 0 Å². The second kappa shape index (κ2) is 9.54. The minimum atomic E-state index is 0.0538. The van der Waals surface area contributed by atoms with Crippen molar-refractivity contribution in [2.75, 3.05) is 13.1 Å². The Kier molecular flexibility index (Phi) is 6.34. The molecule has 2 heterocycles. The van der Waals surface area contributed by atoms with E-state index in [4.69, 9.17) is 28.2 Å². The lowest BCUT2D eigenvalue weighted by molar-refractivity contribution is 0.0692. The van der Waals surface area contributed by atoms with Crippen molar-refractivity contribution in [3.05, 3.63) is 100 Å². The monoisotopic (exact) mass is 474 g/mol. The first-order valence-electron chi connectivity index (χ1n) is 11.3. The van der Waals surface area contributed by atoms with E-state index in [0.29, 0.717) is 27.2 Å². The fourth-order valence-corrected chi connectivity index (χ4v) is 5.15. The van der Waals surface area contributed by atoms with E-state index in [1.54, 1.807) is 12.1 Å². The lowest BCUT2D eigenvalue weighted by Gasteiger charge is -2.32. The molecule has 1 aliphatic heterocycles. The first-order chi connectivity index (χ1) is 16.1. The van der Waals surface area contributed by atoms with Gasteiger partial charge in [0.05, 0.1) is 21.8 Å². The van der Waals surface area contributed by atoms with Gasteiger partial charge in [-0.25, -0.2) is 4.98 Å². The molecule has 0 spiro atoms. The standard InChI is InChI=1S/C28H24Cl2N2O/c29-21-10-11-23(25(30)17-21)27-18-24(22-8-4-5-9-26(22)31-27)28(33)32-14-12-20(13-15-32)16-19-6-2-1-3-7-19/h1-11,17-18,20H,12-16H2. The summed E-state index contributed by atoms with van der Waals surface area (Å²) >= 11 is 12.5. The number of amides is 1. The molecule has 3 aromatic carbocycles. The molecule has 0 saturated carbocycles. The molecule has 4 aromatic rings. The third kappa shape index (κ3) is 4.75. The second-order valence-electron chi connectivity index (χ2n) is 8.62. The van der Waals surface area contributed by atoms with Crippen LogP contribution in [0.2, 0.25) is 10.0 Å². The number of aromatic nitrogens is 1. The number of para-hydroxylation sites is 1. The summed E-state index contributed by atoms with van der Waals surface area (Å²) in [6.45, 7) is 1.54. The number of hydrogen-bond donors (Lipinski definition) is 0. The molecule has 5 rings (SSSR count). The molecule has 3 nitrogen and oxygen atoms in total. The maximum Gasteiger partial charge on any atom is 0.254 e. The highest BCUT2D eigenvalue weighted by Crippen LogP contribution is 2.33. The normalized spacial score (nSPS) is 14.5. The van der Waals surface area contributed by atoms with Gasteiger partial charge in [0.1, 0.15) is 0 Å². The van der Waals surface area contributed by atoms with E-state index in [1.165, 1.54) is 5.56 Å². The molecule has 166 valence electrons. The van der Waals surface area contributed by atoms with Crippen LogP contribution >= 0.6 is 23.2 Å². The average molecular weight is 475 g/mol. The summed E-state index contributed by atoms with van der Waals surface area (Å²) in [6, 6.07) is 25.6. The van der Waals surface area contributed by atoms with Crippen LogP contribution in [0.4, 0.5) is 0 Å². The third-order valence-electron chi connectivity index (χ3n) is 6.42. The Morgan fingerprint density at radius 3 is 2.39 bits per heavy atom. The Labute approximate surface area is 204 Å². The number of fused-ring (bicyclic) bond motifs is 1. The van der Waals surface area contributed by atoms with Crippen LogP contribution in [0.1, 0.15) is 28.8 Å². The Hall–Kier alpha value is -2.88.